The van der Waals surface area contributed by atoms with Crippen LogP contribution in [0.3, 0.4) is 0 Å². The molecule has 0 unspecified atom stereocenters. The molecule has 0 fully saturated rings. The standard InChI is InChI=1S/C21H17ClN4O2S3/c1-11-3-4-12(2)15(9-11)23-16(27)10-30-20-24-18-17(19(28)25-20)31-21(29)26(18)14-7-5-13(22)6-8-14/h3-9H,10H2,1-2H3,(H,23,27)(H,24,25,28). The van der Waals surface area contributed by atoms with Crippen LogP contribution in [0, 0.1) is 17.8 Å². The number of fused-ring (bicyclic) bond motifs is 1. The molecule has 0 saturated carbocycles. The number of anilines is 1. The number of carbonyl (C=O) groups is 1. The summed E-state index contributed by atoms with van der Waals surface area (Å²) in [5.74, 6) is -0.0745. The van der Waals surface area contributed by atoms with Crippen LogP contribution in [-0.4, -0.2) is 26.2 Å². The lowest BCUT2D eigenvalue weighted by Crippen LogP contribution is -2.16. The fourth-order valence-corrected chi connectivity index (χ4v) is 5.02. The quantitative estimate of drug-likeness (QED) is 0.220. The van der Waals surface area contributed by atoms with Gasteiger partial charge in [-0.25, -0.2) is 4.98 Å². The molecule has 0 radical (unpaired) electrons. The van der Waals surface area contributed by atoms with Gasteiger partial charge in [-0.05, 0) is 67.5 Å². The van der Waals surface area contributed by atoms with E-state index in [0.717, 1.165) is 34.3 Å². The van der Waals surface area contributed by atoms with Crippen LogP contribution < -0.4 is 10.9 Å². The Morgan fingerprint density at radius 2 is 2.00 bits per heavy atom. The van der Waals surface area contributed by atoms with E-state index in [0.29, 0.717) is 24.5 Å². The first-order valence-corrected chi connectivity index (χ1v) is 11.8. The van der Waals surface area contributed by atoms with Crippen molar-refractivity contribution in [2.45, 2.75) is 19.0 Å². The molecule has 0 aliphatic heterocycles. The second-order valence-corrected chi connectivity index (χ2v) is 9.90. The summed E-state index contributed by atoms with van der Waals surface area (Å²) in [6.07, 6.45) is 0. The van der Waals surface area contributed by atoms with Crippen molar-refractivity contribution in [2.75, 3.05) is 11.1 Å². The topological polar surface area (TPSA) is 79.8 Å². The number of aromatic amines is 1. The van der Waals surface area contributed by atoms with E-state index in [1.807, 2.05) is 44.2 Å². The monoisotopic (exact) mass is 488 g/mol. The minimum Gasteiger partial charge on any atom is -0.325 e. The van der Waals surface area contributed by atoms with Crippen LogP contribution in [0.4, 0.5) is 5.69 Å². The van der Waals surface area contributed by atoms with Crippen LogP contribution in [0.25, 0.3) is 16.0 Å². The molecule has 1 amide bonds. The number of rotatable bonds is 5. The van der Waals surface area contributed by atoms with E-state index in [4.69, 9.17) is 23.8 Å². The highest BCUT2D eigenvalue weighted by molar-refractivity contribution is 7.99. The Balaban J connectivity index is 1.60. The molecule has 0 bridgehead atoms. The van der Waals surface area contributed by atoms with Gasteiger partial charge in [-0.2, -0.15) is 0 Å². The summed E-state index contributed by atoms with van der Waals surface area (Å²) in [5.41, 5.74) is 3.76. The van der Waals surface area contributed by atoms with Gasteiger partial charge in [0.15, 0.2) is 14.8 Å². The zero-order chi connectivity index (χ0) is 22.1. The third-order valence-corrected chi connectivity index (χ3v) is 7.00. The molecule has 4 aromatic rings. The van der Waals surface area contributed by atoms with E-state index < -0.39 is 0 Å². The zero-order valence-corrected chi connectivity index (χ0v) is 19.8. The second-order valence-electron chi connectivity index (χ2n) is 6.86. The predicted octanol–water partition coefficient (Wildman–Crippen LogP) is 5.51. The summed E-state index contributed by atoms with van der Waals surface area (Å²) in [7, 11) is 0. The lowest BCUT2D eigenvalue weighted by Gasteiger charge is -2.09. The van der Waals surface area contributed by atoms with Gasteiger partial charge < -0.3 is 10.3 Å². The maximum absolute atomic E-state index is 12.6. The van der Waals surface area contributed by atoms with Gasteiger partial charge in [0.2, 0.25) is 5.91 Å². The van der Waals surface area contributed by atoms with Gasteiger partial charge in [0, 0.05) is 16.4 Å². The third kappa shape index (κ3) is 4.74. The molecule has 158 valence electrons. The van der Waals surface area contributed by atoms with Crippen LogP contribution in [-0.2, 0) is 4.79 Å². The molecular formula is C21H17ClN4O2S3. The maximum Gasteiger partial charge on any atom is 0.271 e. The molecule has 0 saturated heterocycles. The zero-order valence-electron chi connectivity index (χ0n) is 16.6. The van der Waals surface area contributed by atoms with Crippen LogP contribution >= 0.6 is 46.9 Å². The Morgan fingerprint density at radius 1 is 1.26 bits per heavy atom. The molecule has 0 aliphatic rings. The van der Waals surface area contributed by atoms with E-state index in [9.17, 15) is 9.59 Å². The number of aryl methyl sites for hydroxylation is 2. The fraction of sp³-hybridized carbons (Fsp3) is 0.143. The van der Waals surface area contributed by atoms with E-state index in [-0.39, 0.29) is 17.2 Å². The first-order valence-electron chi connectivity index (χ1n) is 9.23. The van der Waals surface area contributed by atoms with Crippen molar-refractivity contribution in [2.24, 2.45) is 0 Å². The largest absolute Gasteiger partial charge is 0.325 e. The molecule has 6 nitrogen and oxygen atoms in total. The van der Waals surface area contributed by atoms with Gasteiger partial charge in [0.25, 0.3) is 5.56 Å². The Kier molecular flexibility index (Phi) is 6.29. The van der Waals surface area contributed by atoms with Gasteiger partial charge in [-0.15, -0.1) is 0 Å². The Bertz CT molecular complexity index is 1410. The molecule has 2 aromatic heterocycles. The first kappa shape index (κ1) is 21.8. The van der Waals surface area contributed by atoms with Crippen molar-refractivity contribution in [3.05, 3.63) is 72.9 Å². The molecular weight excluding hydrogens is 472 g/mol. The number of nitrogens with one attached hydrogen (secondary N) is 2. The van der Waals surface area contributed by atoms with Crippen LogP contribution in [0.5, 0.6) is 0 Å². The highest BCUT2D eigenvalue weighted by Crippen LogP contribution is 2.25. The van der Waals surface area contributed by atoms with Crippen molar-refractivity contribution >= 4 is 68.9 Å². The summed E-state index contributed by atoms with van der Waals surface area (Å²) in [6.45, 7) is 3.91. The van der Waals surface area contributed by atoms with Gasteiger partial charge in [-0.3, -0.25) is 14.2 Å². The number of halogens is 1. The minimum absolute atomic E-state index is 0.105. The Morgan fingerprint density at radius 3 is 2.74 bits per heavy atom. The highest BCUT2D eigenvalue weighted by Gasteiger charge is 2.15. The van der Waals surface area contributed by atoms with Crippen molar-refractivity contribution in [1.29, 1.82) is 0 Å². The molecule has 2 N–H and O–H groups in total. The molecule has 2 aromatic carbocycles. The first-order chi connectivity index (χ1) is 14.8. The van der Waals surface area contributed by atoms with E-state index >= 15 is 0 Å². The molecule has 0 atom stereocenters. The molecule has 0 aliphatic carbocycles. The van der Waals surface area contributed by atoms with Gasteiger partial charge in [0.1, 0.15) is 4.70 Å². The summed E-state index contributed by atoms with van der Waals surface area (Å²) in [6, 6.07) is 13.0. The molecule has 0 spiro atoms. The number of thiazole rings is 1. The highest BCUT2D eigenvalue weighted by atomic mass is 35.5. The normalized spacial score (nSPS) is 11.1. The number of amides is 1. The Labute approximate surface area is 196 Å². The van der Waals surface area contributed by atoms with Crippen LogP contribution in [0.1, 0.15) is 11.1 Å². The van der Waals surface area contributed by atoms with Crippen LogP contribution in [0.15, 0.2) is 52.4 Å². The predicted molar refractivity (Wildman–Crippen MR) is 131 cm³/mol. The summed E-state index contributed by atoms with van der Waals surface area (Å²) < 4.78 is 2.68. The average Bonchev–Trinajstić information content (AvgIpc) is 3.06. The molecule has 10 heteroatoms. The molecule has 31 heavy (non-hydrogen) atoms. The number of carbonyl (C=O) groups excluding carboxylic acids is 1. The van der Waals surface area contributed by atoms with Gasteiger partial charge in [0.05, 0.1) is 5.75 Å². The number of nitrogens with zero attached hydrogens (tertiary/aromatic N) is 2. The van der Waals surface area contributed by atoms with Crippen LogP contribution in [0.2, 0.25) is 5.02 Å². The number of H-pyrrole nitrogens is 1. The maximum atomic E-state index is 12.6. The number of hydrogen-bond donors (Lipinski definition) is 2. The number of thioether (sulfide) groups is 1. The fourth-order valence-electron chi connectivity index (χ4n) is 2.97. The van der Waals surface area contributed by atoms with Gasteiger partial charge >= 0.3 is 0 Å². The average molecular weight is 489 g/mol. The number of hydrogen-bond acceptors (Lipinski definition) is 6. The van der Waals surface area contributed by atoms with E-state index in [1.165, 1.54) is 11.3 Å². The number of benzene rings is 2. The Hall–Kier alpha value is -2.46. The number of aromatic nitrogens is 3. The van der Waals surface area contributed by atoms with E-state index in [2.05, 4.69) is 15.3 Å². The van der Waals surface area contributed by atoms with Crippen molar-refractivity contribution < 1.29 is 4.79 Å². The lowest BCUT2D eigenvalue weighted by atomic mass is 10.1. The van der Waals surface area contributed by atoms with Crippen molar-refractivity contribution in [3.8, 4) is 5.69 Å². The lowest BCUT2D eigenvalue weighted by molar-refractivity contribution is -0.113. The van der Waals surface area contributed by atoms with Crippen molar-refractivity contribution in [3.63, 3.8) is 0 Å². The molecule has 2 heterocycles. The summed E-state index contributed by atoms with van der Waals surface area (Å²) in [5, 5.41) is 3.86. The summed E-state index contributed by atoms with van der Waals surface area (Å²) in [4.78, 5) is 32.3. The smallest absolute Gasteiger partial charge is 0.271 e. The van der Waals surface area contributed by atoms with Gasteiger partial charge in [-0.1, -0.05) is 46.8 Å². The second kappa shape index (κ2) is 8.96. The molecule has 4 rings (SSSR count). The SMILES string of the molecule is Cc1ccc(C)c(NC(=O)CSc2nc3c(sc(=S)n3-c3ccc(Cl)cc3)c(=O)[nH]2)c1. The third-order valence-electron chi connectivity index (χ3n) is 4.51. The summed E-state index contributed by atoms with van der Waals surface area (Å²) >= 11 is 13.8. The minimum atomic E-state index is -0.286. The van der Waals surface area contributed by atoms with Crippen molar-refractivity contribution in [1.82, 2.24) is 14.5 Å². The van der Waals surface area contributed by atoms with E-state index in [1.54, 1.807) is 16.7 Å².